The Hall–Kier alpha value is -2.73. The number of piperazine rings is 1. The summed E-state index contributed by atoms with van der Waals surface area (Å²) < 4.78 is 12.9. The maximum absolute atomic E-state index is 12.9. The van der Waals surface area contributed by atoms with Crippen molar-refractivity contribution in [3.63, 3.8) is 0 Å². The Kier molecular flexibility index (Phi) is 6.19. The summed E-state index contributed by atoms with van der Waals surface area (Å²) in [6.45, 7) is 5.18. The van der Waals surface area contributed by atoms with Gasteiger partial charge in [-0.2, -0.15) is 0 Å². The third-order valence-corrected chi connectivity index (χ3v) is 4.84. The maximum Gasteiger partial charge on any atom is 0.279 e. The second-order valence-electron chi connectivity index (χ2n) is 7.03. The van der Waals surface area contributed by atoms with Crippen molar-refractivity contribution in [1.82, 2.24) is 4.90 Å². The standard InChI is InChI=1S/C21H24FN3O2/c1-16-2-4-17(5-3-16)14-21(27)25-12-10-24(11-13-25)15-20(26)23-19-8-6-18(22)7-9-19/h2-9H,10-15H2,1H3,(H,23,26)/p+1. The molecule has 0 saturated carbocycles. The lowest BCUT2D eigenvalue weighted by Gasteiger charge is -2.32. The van der Waals surface area contributed by atoms with Crippen LogP contribution in [0.3, 0.4) is 0 Å². The van der Waals surface area contributed by atoms with Gasteiger partial charge in [0.2, 0.25) is 5.91 Å². The van der Waals surface area contributed by atoms with E-state index in [1.165, 1.54) is 17.7 Å². The van der Waals surface area contributed by atoms with Crippen LogP contribution < -0.4 is 10.2 Å². The minimum absolute atomic E-state index is 0.101. The minimum Gasteiger partial charge on any atom is -0.331 e. The Bertz CT molecular complexity index is 782. The smallest absolute Gasteiger partial charge is 0.279 e. The molecule has 0 aliphatic carbocycles. The summed E-state index contributed by atoms with van der Waals surface area (Å²) >= 11 is 0. The highest BCUT2D eigenvalue weighted by Gasteiger charge is 2.25. The minimum atomic E-state index is -0.329. The van der Waals surface area contributed by atoms with Gasteiger partial charge in [-0.3, -0.25) is 9.59 Å². The molecular formula is C21H25FN3O2+. The molecule has 0 spiro atoms. The molecule has 0 radical (unpaired) electrons. The lowest BCUT2D eigenvalue weighted by Crippen LogP contribution is -3.15. The molecule has 1 saturated heterocycles. The first-order chi connectivity index (χ1) is 13.0. The van der Waals surface area contributed by atoms with Crippen molar-refractivity contribution in [3.05, 3.63) is 65.5 Å². The summed E-state index contributed by atoms with van der Waals surface area (Å²) in [5.41, 5.74) is 2.80. The lowest BCUT2D eigenvalue weighted by molar-refractivity contribution is -0.895. The van der Waals surface area contributed by atoms with Crippen molar-refractivity contribution < 1.29 is 18.9 Å². The number of hydrogen-bond donors (Lipinski definition) is 2. The molecule has 6 heteroatoms. The van der Waals surface area contributed by atoms with E-state index in [1.807, 2.05) is 36.1 Å². The van der Waals surface area contributed by atoms with E-state index in [2.05, 4.69) is 5.32 Å². The normalized spacial score (nSPS) is 14.8. The van der Waals surface area contributed by atoms with E-state index >= 15 is 0 Å². The monoisotopic (exact) mass is 370 g/mol. The van der Waals surface area contributed by atoms with E-state index in [4.69, 9.17) is 0 Å². The van der Waals surface area contributed by atoms with E-state index < -0.39 is 0 Å². The molecule has 0 unspecified atom stereocenters. The largest absolute Gasteiger partial charge is 0.331 e. The molecule has 2 aromatic carbocycles. The molecule has 5 nitrogen and oxygen atoms in total. The van der Waals surface area contributed by atoms with E-state index in [0.717, 1.165) is 23.6 Å². The van der Waals surface area contributed by atoms with Crippen molar-refractivity contribution in [2.24, 2.45) is 0 Å². The first-order valence-corrected chi connectivity index (χ1v) is 9.22. The fourth-order valence-corrected chi connectivity index (χ4v) is 3.21. The molecule has 1 aliphatic rings. The van der Waals surface area contributed by atoms with Gasteiger partial charge in [0.05, 0.1) is 32.6 Å². The number of amides is 2. The van der Waals surface area contributed by atoms with E-state index in [1.54, 1.807) is 12.1 Å². The van der Waals surface area contributed by atoms with Gasteiger partial charge in [0, 0.05) is 5.69 Å². The van der Waals surface area contributed by atoms with Crippen LogP contribution in [0.25, 0.3) is 0 Å². The number of rotatable bonds is 5. The topological polar surface area (TPSA) is 53.9 Å². The van der Waals surface area contributed by atoms with Gasteiger partial charge in [0.25, 0.3) is 5.91 Å². The molecule has 2 amide bonds. The van der Waals surface area contributed by atoms with Crippen molar-refractivity contribution >= 4 is 17.5 Å². The Balaban J connectivity index is 1.42. The highest BCUT2D eigenvalue weighted by atomic mass is 19.1. The zero-order chi connectivity index (χ0) is 19.2. The number of hydrogen-bond acceptors (Lipinski definition) is 2. The van der Waals surface area contributed by atoms with Crippen LogP contribution in [0, 0.1) is 12.7 Å². The number of carbonyl (C=O) groups excluding carboxylic acids is 2. The molecule has 2 aromatic rings. The summed E-state index contributed by atoms with van der Waals surface area (Å²) in [6, 6.07) is 13.8. The van der Waals surface area contributed by atoms with Gasteiger partial charge < -0.3 is 15.1 Å². The van der Waals surface area contributed by atoms with Crippen LogP contribution in [0.1, 0.15) is 11.1 Å². The molecule has 3 rings (SSSR count). The van der Waals surface area contributed by atoms with Crippen molar-refractivity contribution in [3.8, 4) is 0 Å². The van der Waals surface area contributed by atoms with Gasteiger partial charge in [-0.15, -0.1) is 0 Å². The Labute approximate surface area is 158 Å². The number of aryl methyl sites for hydroxylation is 1. The summed E-state index contributed by atoms with van der Waals surface area (Å²) in [5, 5.41) is 2.78. The molecule has 142 valence electrons. The third-order valence-electron chi connectivity index (χ3n) is 4.84. The van der Waals surface area contributed by atoms with Gasteiger partial charge in [0.15, 0.2) is 6.54 Å². The lowest BCUT2D eigenvalue weighted by atomic mass is 10.1. The first-order valence-electron chi connectivity index (χ1n) is 9.22. The van der Waals surface area contributed by atoms with Crippen LogP contribution >= 0.6 is 0 Å². The van der Waals surface area contributed by atoms with Crippen LogP contribution in [-0.2, 0) is 16.0 Å². The van der Waals surface area contributed by atoms with E-state index in [9.17, 15) is 14.0 Å². The summed E-state index contributed by atoms with van der Waals surface area (Å²) in [4.78, 5) is 27.6. The molecule has 0 bridgehead atoms. The fraction of sp³-hybridized carbons (Fsp3) is 0.333. The van der Waals surface area contributed by atoms with E-state index in [-0.39, 0.29) is 17.6 Å². The van der Waals surface area contributed by atoms with Gasteiger partial charge >= 0.3 is 0 Å². The molecule has 1 aliphatic heterocycles. The van der Waals surface area contributed by atoms with Crippen molar-refractivity contribution in [2.45, 2.75) is 13.3 Å². The molecule has 27 heavy (non-hydrogen) atoms. The molecule has 0 aromatic heterocycles. The zero-order valence-electron chi connectivity index (χ0n) is 15.5. The quantitative estimate of drug-likeness (QED) is 0.827. The number of halogens is 1. The maximum atomic E-state index is 12.9. The number of nitrogens with one attached hydrogen (secondary N) is 2. The fourth-order valence-electron chi connectivity index (χ4n) is 3.21. The number of carbonyl (C=O) groups is 2. The highest BCUT2D eigenvalue weighted by molar-refractivity contribution is 5.91. The Morgan fingerprint density at radius 3 is 2.30 bits per heavy atom. The van der Waals surface area contributed by atoms with Gasteiger partial charge in [0.1, 0.15) is 5.82 Å². The molecule has 1 heterocycles. The van der Waals surface area contributed by atoms with Gasteiger partial charge in [-0.1, -0.05) is 29.8 Å². The first kappa shape index (κ1) is 19.0. The third kappa shape index (κ3) is 5.62. The Morgan fingerprint density at radius 2 is 1.67 bits per heavy atom. The summed E-state index contributed by atoms with van der Waals surface area (Å²) in [5.74, 6) is -0.297. The van der Waals surface area contributed by atoms with Crippen molar-refractivity contribution in [1.29, 1.82) is 0 Å². The van der Waals surface area contributed by atoms with Crippen LogP contribution in [0.2, 0.25) is 0 Å². The van der Waals surface area contributed by atoms with Crippen LogP contribution in [0.4, 0.5) is 10.1 Å². The van der Waals surface area contributed by atoms with E-state index in [0.29, 0.717) is 31.7 Å². The summed E-state index contributed by atoms with van der Waals surface area (Å²) in [6.07, 6.45) is 0.417. The van der Waals surface area contributed by atoms with Crippen molar-refractivity contribution in [2.75, 3.05) is 38.0 Å². The molecule has 2 N–H and O–H groups in total. The zero-order valence-corrected chi connectivity index (χ0v) is 15.5. The average Bonchev–Trinajstić information content (AvgIpc) is 2.66. The second-order valence-corrected chi connectivity index (χ2v) is 7.03. The number of quaternary nitrogens is 1. The Morgan fingerprint density at radius 1 is 1.04 bits per heavy atom. The number of benzene rings is 2. The molecule has 1 fully saturated rings. The van der Waals surface area contributed by atoms with Gasteiger partial charge in [-0.25, -0.2) is 4.39 Å². The van der Waals surface area contributed by atoms with Crippen LogP contribution in [-0.4, -0.2) is 49.4 Å². The predicted octanol–water partition coefficient (Wildman–Crippen LogP) is 1.04. The SMILES string of the molecule is Cc1ccc(CC(=O)N2CC[NH+](CC(=O)Nc3ccc(F)cc3)CC2)cc1. The summed E-state index contributed by atoms with van der Waals surface area (Å²) in [7, 11) is 0. The van der Waals surface area contributed by atoms with Gasteiger partial charge in [-0.05, 0) is 36.8 Å². The predicted molar refractivity (Wildman–Crippen MR) is 102 cm³/mol. The highest BCUT2D eigenvalue weighted by Crippen LogP contribution is 2.08. The molecular weight excluding hydrogens is 345 g/mol. The second kappa shape index (κ2) is 8.77. The number of nitrogens with zero attached hydrogens (tertiary/aromatic N) is 1. The van der Waals surface area contributed by atoms with Crippen LogP contribution in [0.5, 0.6) is 0 Å². The molecule has 0 atom stereocenters. The number of anilines is 1. The van der Waals surface area contributed by atoms with Crippen LogP contribution in [0.15, 0.2) is 48.5 Å². The average molecular weight is 370 g/mol.